The third-order valence-corrected chi connectivity index (χ3v) is 3.34. The van der Waals surface area contributed by atoms with Crippen molar-refractivity contribution < 1.29 is 0 Å². The predicted octanol–water partition coefficient (Wildman–Crippen LogP) is 2.70. The Morgan fingerprint density at radius 3 is 3.12 bits per heavy atom. The molecule has 3 nitrogen and oxygen atoms in total. The molecule has 0 bridgehead atoms. The Labute approximate surface area is 102 Å². The van der Waals surface area contributed by atoms with Crippen LogP contribution in [0.4, 0.5) is 0 Å². The number of nitrogens with zero attached hydrogens (tertiary/aromatic N) is 1. The van der Waals surface area contributed by atoms with Gasteiger partial charge in [0.1, 0.15) is 5.65 Å². The standard InChI is InChI=1S/C12H12BrN3/c13-9-5-10-11(7-16-12(10)15-6-9)8-1-3-14-4-2-8/h1,5-7,14H,2-4H2,(H,15,16). The van der Waals surface area contributed by atoms with Crippen LogP contribution in [0, 0.1) is 0 Å². The Bertz CT molecular complexity index is 556. The number of nitrogens with one attached hydrogen (secondary N) is 2. The minimum absolute atomic E-state index is 0.956. The van der Waals surface area contributed by atoms with Gasteiger partial charge < -0.3 is 10.3 Å². The summed E-state index contributed by atoms with van der Waals surface area (Å²) in [6, 6.07) is 2.12. The lowest BCUT2D eigenvalue weighted by Crippen LogP contribution is -2.19. The van der Waals surface area contributed by atoms with E-state index in [0.29, 0.717) is 0 Å². The van der Waals surface area contributed by atoms with Gasteiger partial charge in [-0.3, -0.25) is 0 Å². The lowest BCUT2D eigenvalue weighted by Gasteiger charge is -2.13. The van der Waals surface area contributed by atoms with Gasteiger partial charge in [-0.1, -0.05) is 6.08 Å². The van der Waals surface area contributed by atoms with Crippen LogP contribution in [0.2, 0.25) is 0 Å². The number of pyridine rings is 1. The number of aromatic nitrogens is 2. The van der Waals surface area contributed by atoms with Crippen LogP contribution in [0.5, 0.6) is 0 Å². The molecule has 3 heterocycles. The molecule has 1 aliphatic heterocycles. The quantitative estimate of drug-likeness (QED) is 0.842. The first-order valence-corrected chi connectivity index (χ1v) is 6.16. The molecule has 0 saturated carbocycles. The van der Waals surface area contributed by atoms with Gasteiger partial charge in [0.05, 0.1) is 0 Å². The van der Waals surface area contributed by atoms with E-state index in [1.54, 1.807) is 0 Å². The highest BCUT2D eigenvalue weighted by Crippen LogP contribution is 2.28. The van der Waals surface area contributed by atoms with Gasteiger partial charge in [0.25, 0.3) is 0 Å². The fourth-order valence-corrected chi connectivity index (χ4v) is 2.44. The van der Waals surface area contributed by atoms with Crippen LogP contribution < -0.4 is 5.32 Å². The van der Waals surface area contributed by atoms with Gasteiger partial charge in [0, 0.05) is 34.4 Å². The third kappa shape index (κ3) is 1.68. The van der Waals surface area contributed by atoms with Crippen LogP contribution in [0.15, 0.2) is 29.0 Å². The molecule has 0 radical (unpaired) electrons. The van der Waals surface area contributed by atoms with Gasteiger partial charge in [-0.05, 0) is 40.5 Å². The zero-order valence-corrected chi connectivity index (χ0v) is 10.3. The monoisotopic (exact) mass is 277 g/mol. The number of halogens is 1. The number of H-pyrrole nitrogens is 1. The van der Waals surface area contributed by atoms with Crippen LogP contribution in [-0.2, 0) is 0 Å². The molecule has 0 atom stereocenters. The van der Waals surface area contributed by atoms with Crippen molar-refractivity contribution in [1.29, 1.82) is 0 Å². The first-order valence-electron chi connectivity index (χ1n) is 5.37. The summed E-state index contributed by atoms with van der Waals surface area (Å²) in [5, 5.41) is 4.52. The lowest BCUT2D eigenvalue weighted by molar-refractivity contribution is 0.739. The highest BCUT2D eigenvalue weighted by molar-refractivity contribution is 9.10. The number of rotatable bonds is 1. The molecule has 0 unspecified atom stereocenters. The summed E-state index contributed by atoms with van der Waals surface area (Å²) in [4.78, 5) is 7.57. The van der Waals surface area contributed by atoms with E-state index in [2.05, 4.69) is 49.6 Å². The number of hydrogen-bond acceptors (Lipinski definition) is 2. The van der Waals surface area contributed by atoms with E-state index >= 15 is 0 Å². The van der Waals surface area contributed by atoms with Gasteiger partial charge in [0.2, 0.25) is 0 Å². The number of hydrogen-bond donors (Lipinski definition) is 2. The van der Waals surface area contributed by atoms with Crippen molar-refractivity contribution in [3.8, 4) is 0 Å². The van der Waals surface area contributed by atoms with Gasteiger partial charge in [-0.15, -0.1) is 0 Å². The summed E-state index contributed by atoms with van der Waals surface area (Å²) < 4.78 is 1.02. The van der Waals surface area contributed by atoms with E-state index in [4.69, 9.17) is 0 Å². The summed E-state index contributed by atoms with van der Waals surface area (Å²) in [7, 11) is 0. The zero-order chi connectivity index (χ0) is 11.0. The summed E-state index contributed by atoms with van der Waals surface area (Å²) in [5.41, 5.74) is 3.65. The molecule has 4 heteroatoms. The molecule has 2 aromatic heterocycles. The first kappa shape index (κ1) is 10.1. The minimum atomic E-state index is 0.956. The summed E-state index contributed by atoms with van der Waals surface area (Å²) in [6.07, 6.45) is 7.22. The topological polar surface area (TPSA) is 40.7 Å². The lowest BCUT2D eigenvalue weighted by atomic mass is 10.0. The maximum atomic E-state index is 4.35. The molecule has 2 N–H and O–H groups in total. The number of fused-ring (bicyclic) bond motifs is 1. The molecule has 16 heavy (non-hydrogen) atoms. The fourth-order valence-electron chi connectivity index (χ4n) is 2.11. The second-order valence-corrected chi connectivity index (χ2v) is 4.85. The summed E-state index contributed by atoms with van der Waals surface area (Å²) in [5.74, 6) is 0. The maximum absolute atomic E-state index is 4.35. The van der Waals surface area contributed by atoms with Crippen LogP contribution in [0.25, 0.3) is 16.6 Å². The zero-order valence-electron chi connectivity index (χ0n) is 8.76. The van der Waals surface area contributed by atoms with Crippen LogP contribution >= 0.6 is 15.9 Å². The third-order valence-electron chi connectivity index (χ3n) is 2.91. The second-order valence-electron chi connectivity index (χ2n) is 3.94. The average Bonchev–Trinajstić information content (AvgIpc) is 2.73. The van der Waals surface area contributed by atoms with Gasteiger partial charge in [0.15, 0.2) is 0 Å². The maximum Gasteiger partial charge on any atom is 0.137 e. The highest BCUT2D eigenvalue weighted by Gasteiger charge is 2.11. The van der Waals surface area contributed by atoms with Crippen molar-refractivity contribution in [2.45, 2.75) is 6.42 Å². The molecule has 0 amide bonds. The van der Waals surface area contributed by atoms with E-state index < -0.39 is 0 Å². The van der Waals surface area contributed by atoms with Crippen molar-refractivity contribution in [2.75, 3.05) is 13.1 Å². The SMILES string of the molecule is Brc1cnc2[nH]cc(C3=CCNCC3)c2c1. The Morgan fingerprint density at radius 1 is 1.38 bits per heavy atom. The molecule has 2 aromatic rings. The van der Waals surface area contributed by atoms with Crippen molar-refractivity contribution >= 4 is 32.5 Å². The van der Waals surface area contributed by atoms with E-state index in [0.717, 1.165) is 29.6 Å². The Morgan fingerprint density at radius 2 is 2.31 bits per heavy atom. The molecule has 3 rings (SSSR count). The smallest absolute Gasteiger partial charge is 0.137 e. The molecule has 0 aliphatic carbocycles. The summed E-state index contributed by atoms with van der Waals surface area (Å²) in [6.45, 7) is 2.02. The van der Waals surface area contributed by atoms with Crippen molar-refractivity contribution in [2.24, 2.45) is 0 Å². The largest absolute Gasteiger partial charge is 0.346 e. The molecular formula is C12H12BrN3. The normalized spacial score (nSPS) is 16.4. The van der Waals surface area contributed by atoms with Crippen molar-refractivity contribution in [3.05, 3.63) is 34.6 Å². The van der Waals surface area contributed by atoms with E-state index in [1.807, 2.05) is 6.20 Å². The van der Waals surface area contributed by atoms with Crippen LogP contribution in [0.3, 0.4) is 0 Å². The Balaban J connectivity index is 2.16. The fraction of sp³-hybridized carbons (Fsp3) is 0.250. The Hall–Kier alpha value is -1.13. The van der Waals surface area contributed by atoms with Gasteiger partial charge in [-0.2, -0.15) is 0 Å². The highest BCUT2D eigenvalue weighted by atomic mass is 79.9. The molecule has 0 saturated heterocycles. The van der Waals surface area contributed by atoms with E-state index in [9.17, 15) is 0 Å². The van der Waals surface area contributed by atoms with Crippen molar-refractivity contribution in [1.82, 2.24) is 15.3 Å². The molecule has 0 aromatic carbocycles. The molecule has 0 spiro atoms. The van der Waals surface area contributed by atoms with Crippen molar-refractivity contribution in [3.63, 3.8) is 0 Å². The molecule has 82 valence electrons. The minimum Gasteiger partial charge on any atom is -0.346 e. The average molecular weight is 278 g/mol. The molecular weight excluding hydrogens is 266 g/mol. The molecule has 1 aliphatic rings. The predicted molar refractivity (Wildman–Crippen MR) is 69.3 cm³/mol. The van der Waals surface area contributed by atoms with Crippen LogP contribution in [0.1, 0.15) is 12.0 Å². The second kappa shape index (κ2) is 4.03. The molecule has 0 fully saturated rings. The van der Waals surface area contributed by atoms with Gasteiger partial charge in [-0.25, -0.2) is 4.98 Å². The first-order chi connectivity index (χ1) is 7.84. The van der Waals surface area contributed by atoms with Gasteiger partial charge >= 0.3 is 0 Å². The summed E-state index contributed by atoms with van der Waals surface area (Å²) >= 11 is 3.47. The number of aromatic amines is 1. The van der Waals surface area contributed by atoms with E-state index in [1.165, 1.54) is 16.5 Å². The van der Waals surface area contributed by atoms with Crippen LogP contribution in [-0.4, -0.2) is 23.1 Å². The Kier molecular flexibility index (Phi) is 2.53. The van der Waals surface area contributed by atoms with E-state index in [-0.39, 0.29) is 0 Å².